The predicted octanol–water partition coefficient (Wildman–Crippen LogP) is 5.48. The Hall–Kier alpha value is -1.69. The molecule has 0 aliphatic carbocycles. The van der Waals surface area contributed by atoms with Gasteiger partial charge in [0.1, 0.15) is 5.75 Å². The van der Waals surface area contributed by atoms with Gasteiger partial charge in [-0.3, -0.25) is 14.9 Å². The molecule has 3 rings (SSSR count). The zero-order chi connectivity index (χ0) is 19.7. The van der Waals surface area contributed by atoms with Gasteiger partial charge < -0.3 is 10.4 Å². The van der Waals surface area contributed by atoms with Crippen molar-refractivity contribution in [3.63, 3.8) is 0 Å². The summed E-state index contributed by atoms with van der Waals surface area (Å²) in [6.45, 7) is 0. The van der Waals surface area contributed by atoms with E-state index < -0.39 is 4.92 Å². The molecule has 138 valence electrons. The maximum Gasteiger partial charge on any atom is 0.270 e. The van der Waals surface area contributed by atoms with E-state index in [9.17, 15) is 20.0 Å². The van der Waals surface area contributed by atoms with Crippen molar-refractivity contribution >= 4 is 88.1 Å². The third kappa shape index (κ3) is 4.60. The van der Waals surface area contributed by atoms with E-state index in [4.69, 9.17) is 0 Å². The number of aliphatic imine (C=N–C) groups is 1. The third-order valence-corrected chi connectivity index (χ3v) is 6.11. The first kappa shape index (κ1) is 20.1. The number of thioether (sulfide) groups is 1. The van der Waals surface area contributed by atoms with Gasteiger partial charge in [-0.2, -0.15) is 0 Å². The maximum atomic E-state index is 12.2. The Labute approximate surface area is 182 Å². The number of nitro benzene ring substituents is 1. The number of nitrogens with zero attached hydrogens (tertiary/aromatic N) is 2. The number of aromatic hydroxyl groups is 1. The van der Waals surface area contributed by atoms with Gasteiger partial charge in [-0.1, -0.05) is 0 Å². The standard InChI is InChI=1S/C16H8Br3N3O4S/c17-9-6-8(22(25)26)1-2-12(9)20-16-21-15(24)13(27-16)5-7-3-10(18)14(23)11(19)4-7/h1-6,23H,(H,20,21,24)/b13-5+. The first-order valence-corrected chi connectivity index (χ1v) is 10.4. The lowest BCUT2D eigenvalue weighted by Crippen LogP contribution is -2.19. The van der Waals surface area contributed by atoms with Crippen LogP contribution in [0.25, 0.3) is 6.08 Å². The number of carbonyl (C=O) groups excluding carboxylic acids is 1. The number of amidine groups is 1. The molecule has 1 fully saturated rings. The number of non-ortho nitro benzene ring substituents is 1. The predicted molar refractivity (Wildman–Crippen MR) is 115 cm³/mol. The SMILES string of the molecule is O=C1NC(=Nc2ccc([N+](=O)[O-])cc2Br)S/C1=C/c1cc(Br)c(O)c(Br)c1. The van der Waals surface area contributed by atoms with Gasteiger partial charge in [0.15, 0.2) is 5.17 Å². The van der Waals surface area contributed by atoms with E-state index in [1.165, 1.54) is 18.2 Å². The summed E-state index contributed by atoms with van der Waals surface area (Å²) in [7, 11) is 0. The Morgan fingerprint density at radius 3 is 2.41 bits per heavy atom. The average molecular weight is 578 g/mol. The molecule has 2 N–H and O–H groups in total. The van der Waals surface area contributed by atoms with E-state index in [1.807, 2.05) is 0 Å². The third-order valence-electron chi connectivity index (χ3n) is 3.35. The van der Waals surface area contributed by atoms with Gasteiger partial charge in [-0.25, -0.2) is 4.99 Å². The molecule has 0 bridgehead atoms. The van der Waals surface area contributed by atoms with Crippen molar-refractivity contribution in [2.75, 3.05) is 0 Å². The summed E-state index contributed by atoms with van der Waals surface area (Å²) in [5, 5.41) is 23.6. The number of halogens is 3. The smallest absolute Gasteiger partial charge is 0.270 e. The van der Waals surface area contributed by atoms with Gasteiger partial charge in [0.05, 0.1) is 28.9 Å². The van der Waals surface area contributed by atoms with Crippen molar-refractivity contribution in [2.24, 2.45) is 4.99 Å². The summed E-state index contributed by atoms with van der Waals surface area (Å²) in [5.41, 5.74) is 1.11. The second-order valence-corrected chi connectivity index (χ2v) is 8.80. The fourth-order valence-corrected chi connectivity index (χ4v) is 4.62. The van der Waals surface area contributed by atoms with E-state index in [2.05, 4.69) is 58.1 Å². The van der Waals surface area contributed by atoms with Crippen LogP contribution in [0.3, 0.4) is 0 Å². The minimum absolute atomic E-state index is 0.0574. The van der Waals surface area contributed by atoms with Crippen molar-refractivity contribution in [1.82, 2.24) is 5.32 Å². The Balaban J connectivity index is 1.87. The lowest BCUT2D eigenvalue weighted by Gasteiger charge is -2.02. The lowest BCUT2D eigenvalue weighted by molar-refractivity contribution is -0.384. The highest BCUT2D eigenvalue weighted by Gasteiger charge is 2.24. The van der Waals surface area contributed by atoms with Crippen molar-refractivity contribution < 1.29 is 14.8 Å². The quantitative estimate of drug-likeness (QED) is 0.286. The van der Waals surface area contributed by atoms with E-state index in [0.29, 0.717) is 34.7 Å². The summed E-state index contributed by atoms with van der Waals surface area (Å²) in [4.78, 5) is 27.2. The molecule has 1 heterocycles. The number of nitro groups is 1. The number of hydrogen-bond acceptors (Lipinski definition) is 6. The highest BCUT2D eigenvalue weighted by Crippen LogP contribution is 2.36. The Kier molecular flexibility index (Phi) is 6.04. The monoisotopic (exact) mass is 575 g/mol. The number of carbonyl (C=O) groups is 1. The summed E-state index contributed by atoms with van der Waals surface area (Å²) < 4.78 is 1.44. The molecular weight excluding hydrogens is 570 g/mol. The van der Waals surface area contributed by atoms with Crippen LogP contribution >= 0.6 is 59.6 Å². The van der Waals surface area contributed by atoms with Crippen LogP contribution in [-0.4, -0.2) is 21.1 Å². The summed E-state index contributed by atoms with van der Waals surface area (Å²) in [5.74, 6) is -0.233. The van der Waals surface area contributed by atoms with Gasteiger partial charge in [0, 0.05) is 12.1 Å². The summed E-state index contributed by atoms with van der Waals surface area (Å²) >= 11 is 10.9. The van der Waals surface area contributed by atoms with Crippen LogP contribution in [0.2, 0.25) is 0 Å². The van der Waals surface area contributed by atoms with Crippen molar-refractivity contribution in [3.05, 3.63) is 64.3 Å². The highest BCUT2D eigenvalue weighted by molar-refractivity contribution is 9.11. The zero-order valence-corrected chi connectivity index (χ0v) is 18.6. The molecule has 1 aliphatic rings. The van der Waals surface area contributed by atoms with E-state index in [1.54, 1.807) is 18.2 Å². The van der Waals surface area contributed by atoms with Gasteiger partial charge >= 0.3 is 0 Å². The molecule has 0 spiro atoms. The van der Waals surface area contributed by atoms with Gasteiger partial charge in [-0.15, -0.1) is 0 Å². The average Bonchev–Trinajstić information content (AvgIpc) is 2.93. The van der Waals surface area contributed by atoms with Crippen LogP contribution in [-0.2, 0) is 4.79 Å². The molecule has 0 aromatic heterocycles. The topological polar surface area (TPSA) is 105 Å². The van der Waals surface area contributed by atoms with Gasteiger partial charge in [0.25, 0.3) is 11.6 Å². The minimum Gasteiger partial charge on any atom is -0.506 e. The van der Waals surface area contributed by atoms with E-state index >= 15 is 0 Å². The molecule has 27 heavy (non-hydrogen) atoms. The molecule has 0 unspecified atom stereocenters. The van der Waals surface area contributed by atoms with Crippen LogP contribution < -0.4 is 5.32 Å². The second kappa shape index (κ2) is 8.13. The van der Waals surface area contributed by atoms with E-state index in [0.717, 1.165) is 11.8 Å². The van der Waals surface area contributed by atoms with Crippen molar-refractivity contribution in [3.8, 4) is 5.75 Å². The first-order chi connectivity index (χ1) is 12.7. The molecule has 7 nitrogen and oxygen atoms in total. The largest absolute Gasteiger partial charge is 0.506 e. The molecule has 0 atom stereocenters. The van der Waals surface area contributed by atoms with Crippen LogP contribution in [0.4, 0.5) is 11.4 Å². The molecule has 2 aromatic carbocycles. The minimum atomic E-state index is -0.497. The zero-order valence-electron chi connectivity index (χ0n) is 13.1. The fourth-order valence-electron chi connectivity index (χ4n) is 2.11. The summed E-state index contributed by atoms with van der Waals surface area (Å²) in [6, 6.07) is 7.56. The van der Waals surface area contributed by atoms with E-state index in [-0.39, 0.29) is 17.3 Å². The molecule has 1 saturated heterocycles. The number of amides is 1. The molecule has 11 heteroatoms. The molecule has 0 saturated carbocycles. The molecule has 0 radical (unpaired) electrons. The fraction of sp³-hybridized carbons (Fsp3) is 0. The number of phenolic OH excluding ortho intramolecular Hbond substituents is 1. The number of phenols is 1. The number of nitrogens with one attached hydrogen (secondary N) is 1. The van der Waals surface area contributed by atoms with Crippen LogP contribution in [0.15, 0.2) is 53.6 Å². The number of hydrogen-bond donors (Lipinski definition) is 2. The van der Waals surface area contributed by atoms with Crippen molar-refractivity contribution in [2.45, 2.75) is 0 Å². The second-order valence-electron chi connectivity index (χ2n) is 5.21. The van der Waals surface area contributed by atoms with Crippen molar-refractivity contribution in [1.29, 1.82) is 0 Å². The lowest BCUT2D eigenvalue weighted by atomic mass is 10.2. The number of rotatable bonds is 3. The summed E-state index contributed by atoms with van der Waals surface area (Å²) in [6.07, 6.45) is 1.67. The molecule has 2 aromatic rings. The Morgan fingerprint density at radius 2 is 1.81 bits per heavy atom. The number of benzene rings is 2. The maximum absolute atomic E-state index is 12.2. The molecule has 1 aliphatic heterocycles. The van der Waals surface area contributed by atoms with Crippen LogP contribution in [0.5, 0.6) is 5.75 Å². The van der Waals surface area contributed by atoms with Crippen LogP contribution in [0, 0.1) is 10.1 Å². The Bertz CT molecular complexity index is 1020. The first-order valence-electron chi connectivity index (χ1n) is 7.16. The van der Waals surface area contributed by atoms with Gasteiger partial charge in [-0.05, 0) is 89.4 Å². The van der Waals surface area contributed by atoms with Gasteiger partial charge in [0.2, 0.25) is 0 Å². The molecule has 1 amide bonds. The van der Waals surface area contributed by atoms with Crippen LogP contribution in [0.1, 0.15) is 5.56 Å². The molecular formula is C16H8Br3N3O4S. The highest BCUT2D eigenvalue weighted by atomic mass is 79.9. The Morgan fingerprint density at radius 1 is 1.15 bits per heavy atom. The normalized spacial score (nSPS) is 16.8.